The molecule has 7 rings (SSSR count). The van der Waals surface area contributed by atoms with Crippen LogP contribution in [0.4, 0.5) is 0 Å². The third-order valence-corrected chi connectivity index (χ3v) is 15.3. The molecule has 19 nitrogen and oxygen atoms in total. The van der Waals surface area contributed by atoms with E-state index in [0.29, 0.717) is 124 Å². The van der Waals surface area contributed by atoms with E-state index in [4.69, 9.17) is 49.5 Å². The Hall–Kier alpha value is -7.69. The number of benzene rings is 6. The summed E-state index contributed by atoms with van der Waals surface area (Å²) in [7, 11) is 0. The number of nitrogens with one attached hydrogen (secondary N) is 3. The quantitative estimate of drug-likeness (QED) is 0.0158. The maximum atomic E-state index is 13.5. The second kappa shape index (κ2) is 45.6. The Balaban J connectivity index is 0.000000494. The minimum atomic E-state index is -0.818. The highest BCUT2D eigenvalue weighted by atomic mass is 35.5. The number of carboxylic acid groups (broad SMARTS) is 1. The van der Waals surface area contributed by atoms with Crippen LogP contribution in [0.2, 0.25) is 0 Å². The molecule has 0 aliphatic carbocycles. The molecule has 0 aliphatic heterocycles. The zero-order valence-corrected chi connectivity index (χ0v) is 54.2. The van der Waals surface area contributed by atoms with E-state index in [9.17, 15) is 24.3 Å². The predicted molar refractivity (Wildman–Crippen MR) is 358 cm³/mol. The van der Waals surface area contributed by atoms with E-state index >= 15 is 0 Å². The predicted octanol–water partition coefficient (Wildman–Crippen LogP) is 9.41. The third kappa shape index (κ3) is 27.8. The molecule has 0 spiro atoms. The number of halogens is 1. The van der Waals surface area contributed by atoms with E-state index in [2.05, 4.69) is 62.7 Å². The van der Waals surface area contributed by atoms with Gasteiger partial charge in [-0.25, -0.2) is 4.68 Å². The van der Waals surface area contributed by atoms with Gasteiger partial charge in [-0.15, -0.1) is 16.7 Å². The summed E-state index contributed by atoms with van der Waals surface area (Å²) in [5, 5.41) is 26.6. The molecule has 500 valence electrons. The van der Waals surface area contributed by atoms with Crippen LogP contribution in [0.3, 0.4) is 0 Å². The Bertz CT molecular complexity index is 2890. The van der Waals surface area contributed by atoms with Gasteiger partial charge in [0.1, 0.15) is 6.61 Å². The van der Waals surface area contributed by atoms with Crippen LogP contribution >= 0.6 is 11.6 Å². The zero-order chi connectivity index (χ0) is 65.5. The van der Waals surface area contributed by atoms with E-state index in [1.807, 2.05) is 152 Å². The average molecular weight is 1300 g/mol. The number of aryl methyl sites for hydroxylation is 1. The number of rotatable bonds is 48. The minimum absolute atomic E-state index is 0.00500. The highest BCUT2D eigenvalue weighted by Crippen LogP contribution is 2.43. The van der Waals surface area contributed by atoms with Crippen LogP contribution in [0.15, 0.2) is 188 Å². The highest BCUT2D eigenvalue weighted by Gasteiger charge is 2.39. The van der Waals surface area contributed by atoms with Gasteiger partial charge in [-0.05, 0) is 46.2 Å². The van der Waals surface area contributed by atoms with E-state index < -0.39 is 16.8 Å². The van der Waals surface area contributed by atoms with E-state index in [0.717, 1.165) is 71.4 Å². The SMILES string of the molecule is O=C(CCc1cn(CCOCCOCCOCCNC(=O)CC(c2ccccc2)(c2ccccc2)c2ccccc2)nn1)NCCOCCOCCOCC(=O)NCCOCCOCCCCCCCl.O=C(O)CC(c1ccccc1)(c1ccccc1)c1ccccc1. The van der Waals surface area contributed by atoms with Gasteiger partial charge in [-0.3, -0.25) is 19.2 Å². The van der Waals surface area contributed by atoms with E-state index in [-0.39, 0.29) is 50.2 Å². The first-order valence-corrected chi connectivity index (χ1v) is 32.7. The number of alkyl halides is 1. The van der Waals surface area contributed by atoms with Crippen LogP contribution in [-0.2, 0) is 80.9 Å². The van der Waals surface area contributed by atoms with Crippen molar-refractivity contribution in [1.29, 1.82) is 0 Å². The van der Waals surface area contributed by atoms with Gasteiger partial charge >= 0.3 is 5.97 Å². The molecule has 3 amide bonds. The Kier molecular flexibility index (Phi) is 36.4. The van der Waals surface area contributed by atoms with Crippen molar-refractivity contribution in [3.8, 4) is 0 Å². The van der Waals surface area contributed by atoms with Crippen molar-refractivity contribution in [2.75, 3.05) is 131 Å². The summed E-state index contributed by atoms with van der Waals surface area (Å²) in [6.45, 7) is 8.00. The number of hydrogen-bond donors (Lipinski definition) is 4. The van der Waals surface area contributed by atoms with Gasteiger partial charge in [-0.1, -0.05) is 200 Å². The average Bonchev–Trinajstić information content (AvgIpc) is 1.24. The molecule has 0 unspecified atom stereocenters. The number of carbonyl (C=O) groups is 4. The van der Waals surface area contributed by atoms with Crippen LogP contribution in [0, 0.1) is 0 Å². The van der Waals surface area contributed by atoms with Crippen LogP contribution in [-0.4, -0.2) is 175 Å². The number of unbranched alkanes of at least 4 members (excludes halogenated alkanes) is 3. The number of nitrogens with zero attached hydrogens (tertiary/aromatic N) is 3. The molecule has 4 N–H and O–H groups in total. The first kappa shape index (κ1) is 74.4. The standard InChI is InChI=1S/C52H75ClN6O11.C21H18O2/c53-22-12-1-2-13-27-63-32-33-66-30-25-56-51(62)44-70-41-40-69-38-35-64-28-23-54-49(60)21-20-48-43-59(58-57-48)26-31-67-36-39-68-37-34-65-29-24-55-50(61)42-52(45-14-6-3-7-15-45,46-16-8-4-9-17-46)47-18-10-5-11-19-47;22-20(23)16-21(17-10-4-1-5-11-17,18-12-6-2-7-13-18)19-14-8-3-9-15-19/h3-11,14-19,43H,1-2,12-13,20-42,44H2,(H,54,60)(H,55,61)(H,56,62);1-15H,16H2,(H,22,23). The molecule has 0 radical (unpaired) electrons. The summed E-state index contributed by atoms with van der Waals surface area (Å²) in [6.07, 6.45) is 7.15. The van der Waals surface area contributed by atoms with Crippen molar-refractivity contribution in [2.45, 2.75) is 68.7 Å². The highest BCUT2D eigenvalue weighted by molar-refractivity contribution is 6.17. The second-order valence-corrected chi connectivity index (χ2v) is 22.1. The van der Waals surface area contributed by atoms with Crippen LogP contribution in [0.5, 0.6) is 0 Å². The Morgan fingerprint density at radius 3 is 1.15 bits per heavy atom. The third-order valence-electron chi connectivity index (χ3n) is 15.1. The van der Waals surface area contributed by atoms with Gasteiger partial charge in [0.05, 0.1) is 122 Å². The smallest absolute Gasteiger partial charge is 0.304 e. The lowest BCUT2D eigenvalue weighted by atomic mass is 9.67. The number of aromatic nitrogens is 3. The summed E-state index contributed by atoms with van der Waals surface area (Å²) in [5.41, 5.74) is 5.49. The molecule has 0 fully saturated rings. The van der Waals surface area contributed by atoms with E-state index in [1.165, 1.54) is 0 Å². The Labute approximate surface area is 553 Å². The molecule has 20 heteroatoms. The molecule has 0 bridgehead atoms. The van der Waals surface area contributed by atoms with Gasteiger partial charge in [0.15, 0.2) is 0 Å². The van der Waals surface area contributed by atoms with Crippen molar-refractivity contribution >= 4 is 35.3 Å². The van der Waals surface area contributed by atoms with Crippen molar-refractivity contribution < 1.29 is 62.2 Å². The normalized spacial score (nSPS) is 11.4. The zero-order valence-electron chi connectivity index (χ0n) is 53.5. The molecular weight excluding hydrogens is 1200 g/mol. The lowest BCUT2D eigenvalue weighted by Gasteiger charge is -2.35. The van der Waals surface area contributed by atoms with Crippen molar-refractivity contribution in [1.82, 2.24) is 30.9 Å². The fourth-order valence-corrected chi connectivity index (χ4v) is 10.7. The first-order chi connectivity index (χ1) is 45.7. The fraction of sp³-hybridized carbons (Fsp3) is 0.425. The summed E-state index contributed by atoms with van der Waals surface area (Å²) in [6, 6.07) is 60.2. The maximum Gasteiger partial charge on any atom is 0.304 e. The lowest BCUT2D eigenvalue weighted by Crippen LogP contribution is -2.38. The summed E-state index contributed by atoms with van der Waals surface area (Å²) >= 11 is 5.67. The van der Waals surface area contributed by atoms with Crippen molar-refractivity contribution in [2.24, 2.45) is 0 Å². The largest absolute Gasteiger partial charge is 0.481 e. The van der Waals surface area contributed by atoms with Crippen LogP contribution in [0.1, 0.15) is 84.0 Å². The van der Waals surface area contributed by atoms with Gasteiger partial charge in [0.2, 0.25) is 17.7 Å². The van der Waals surface area contributed by atoms with E-state index in [1.54, 1.807) is 4.68 Å². The summed E-state index contributed by atoms with van der Waals surface area (Å²) < 4.78 is 46.0. The molecule has 1 heterocycles. The van der Waals surface area contributed by atoms with Crippen molar-refractivity contribution in [3.63, 3.8) is 0 Å². The van der Waals surface area contributed by atoms with Gasteiger partial charge in [0, 0.05) is 57.6 Å². The monoisotopic (exact) mass is 1300 g/mol. The number of carbonyl (C=O) groups excluding carboxylic acids is 3. The molecular formula is C73H93ClN6O13. The van der Waals surface area contributed by atoms with Gasteiger partial charge in [0.25, 0.3) is 0 Å². The number of amides is 3. The number of ether oxygens (including phenoxy) is 8. The Morgan fingerprint density at radius 1 is 0.398 bits per heavy atom. The molecule has 0 aliphatic rings. The maximum absolute atomic E-state index is 13.5. The number of hydrogen-bond acceptors (Lipinski definition) is 14. The lowest BCUT2D eigenvalue weighted by molar-refractivity contribution is -0.138. The second-order valence-electron chi connectivity index (χ2n) is 21.7. The molecule has 93 heavy (non-hydrogen) atoms. The summed E-state index contributed by atoms with van der Waals surface area (Å²) in [4.78, 5) is 49.4. The van der Waals surface area contributed by atoms with Gasteiger partial charge < -0.3 is 59.0 Å². The summed E-state index contributed by atoms with van der Waals surface area (Å²) in [5.74, 6) is -0.477. The van der Waals surface area contributed by atoms with Crippen LogP contribution < -0.4 is 16.0 Å². The molecule has 7 aromatic rings. The number of aliphatic carboxylic acids is 1. The molecule has 6 aromatic carbocycles. The fourth-order valence-electron chi connectivity index (χ4n) is 10.5. The van der Waals surface area contributed by atoms with Crippen molar-refractivity contribution in [3.05, 3.63) is 227 Å². The topological polar surface area (TPSA) is 229 Å². The molecule has 0 atom stereocenters. The van der Waals surface area contributed by atoms with Gasteiger partial charge in [-0.2, -0.15) is 0 Å². The minimum Gasteiger partial charge on any atom is -0.481 e. The molecule has 0 saturated heterocycles. The molecule has 1 aromatic heterocycles. The van der Waals surface area contributed by atoms with Crippen LogP contribution in [0.25, 0.3) is 0 Å². The number of carboxylic acids is 1. The first-order valence-electron chi connectivity index (χ1n) is 32.2. The Morgan fingerprint density at radius 2 is 0.742 bits per heavy atom. The molecule has 0 saturated carbocycles.